The molecule has 2 aromatic heterocycles. The largest absolute Gasteiger partial charge is 0.399 e. The Labute approximate surface area is 141 Å². The molecule has 0 bridgehead atoms. The van der Waals surface area contributed by atoms with Crippen molar-refractivity contribution in [2.24, 2.45) is 5.16 Å². The van der Waals surface area contributed by atoms with E-state index in [0.717, 1.165) is 0 Å². The Bertz CT molecular complexity index is 774. The first-order valence-electron chi connectivity index (χ1n) is 6.69. The molecule has 0 aliphatic carbocycles. The van der Waals surface area contributed by atoms with E-state index < -0.39 is 5.82 Å². The quantitative estimate of drug-likeness (QED) is 0.465. The van der Waals surface area contributed by atoms with Gasteiger partial charge in [-0.25, -0.2) is 14.4 Å². The Morgan fingerprint density at radius 1 is 1.39 bits per heavy atom. The molecule has 10 heteroatoms. The second-order valence-electron chi connectivity index (χ2n) is 4.76. The van der Waals surface area contributed by atoms with E-state index in [-0.39, 0.29) is 16.0 Å². The van der Waals surface area contributed by atoms with Crippen LogP contribution in [0.2, 0.25) is 10.4 Å². The zero-order valence-electron chi connectivity index (χ0n) is 12.1. The summed E-state index contributed by atoms with van der Waals surface area (Å²) in [5.41, 5.74) is 0.700. The molecule has 0 saturated carbocycles. The lowest BCUT2D eigenvalue weighted by Gasteiger charge is -2.22. The van der Waals surface area contributed by atoms with E-state index in [1.165, 1.54) is 13.3 Å². The Kier molecular flexibility index (Phi) is 4.74. The molecule has 2 aromatic rings. The van der Waals surface area contributed by atoms with Crippen LogP contribution in [-0.4, -0.2) is 54.1 Å². The lowest BCUT2D eigenvalue weighted by atomic mass is 10.2. The van der Waals surface area contributed by atoms with E-state index in [1.54, 1.807) is 0 Å². The normalized spacial score (nSPS) is 17.6. The molecule has 0 atom stereocenters. The summed E-state index contributed by atoms with van der Waals surface area (Å²) in [6.45, 7) is 1.73. The fourth-order valence-corrected chi connectivity index (χ4v) is 2.61. The highest BCUT2D eigenvalue weighted by Gasteiger charge is 2.22. The fraction of sp³-hybridized carbons (Fsp3) is 0.385. The molecule has 7 nitrogen and oxygen atoms in total. The maximum absolute atomic E-state index is 14.2. The highest BCUT2D eigenvalue weighted by atomic mass is 35.5. The molecule has 23 heavy (non-hydrogen) atoms. The average molecular weight is 360 g/mol. The van der Waals surface area contributed by atoms with Crippen molar-refractivity contribution in [3.05, 3.63) is 22.5 Å². The predicted molar refractivity (Wildman–Crippen MR) is 84.8 cm³/mol. The van der Waals surface area contributed by atoms with Gasteiger partial charge in [0.25, 0.3) is 0 Å². The second kappa shape index (κ2) is 6.77. The molecule has 0 spiro atoms. The van der Waals surface area contributed by atoms with Crippen molar-refractivity contribution >= 4 is 45.6 Å². The molecule has 0 radical (unpaired) electrons. The molecular formula is C13H12Cl2FN5O2. The highest BCUT2D eigenvalue weighted by Crippen LogP contribution is 2.29. The van der Waals surface area contributed by atoms with Gasteiger partial charge in [-0.15, -0.1) is 0 Å². The van der Waals surface area contributed by atoms with Crippen LogP contribution in [0.3, 0.4) is 0 Å². The number of hydrogen-bond acceptors (Lipinski definition) is 7. The molecule has 1 aliphatic rings. The summed E-state index contributed by atoms with van der Waals surface area (Å²) < 4.78 is 19.6. The molecule has 3 heterocycles. The Morgan fingerprint density at radius 2 is 2.22 bits per heavy atom. The maximum atomic E-state index is 14.2. The summed E-state index contributed by atoms with van der Waals surface area (Å²) in [5, 5.41) is 3.98. The van der Waals surface area contributed by atoms with Crippen molar-refractivity contribution in [2.45, 2.75) is 0 Å². The van der Waals surface area contributed by atoms with E-state index in [0.29, 0.717) is 43.2 Å². The van der Waals surface area contributed by atoms with Gasteiger partial charge in [0.2, 0.25) is 5.28 Å². The van der Waals surface area contributed by atoms with Gasteiger partial charge in [-0.2, -0.15) is 4.98 Å². The van der Waals surface area contributed by atoms with Gasteiger partial charge in [-0.3, -0.25) is 0 Å². The first-order valence-corrected chi connectivity index (χ1v) is 7.44. The topological polar surface area (TPSA) is 72.7 Å². The minimum atomic E-state index is -0.730. The number of pyridine rings is 1. The van der Waals surface area contributed by atoms with Gasteiger partial charge in [0.05, 0.1) is 25.1 Å². The monoisotopic (exact) mass is 359 g/mol. The SMILES string of the molecule is CO/N=C1/COCCN(c2nc(Cl)nc3c(F)c(Cl)ncc23)C1. The third-order valence-corrected chi connectivity index (χ3v) is 3.69. The number of rotatable bonds is 2. The number of hydrogen-bond donors (Lipinski definition) is 0. The van der Waals surface area contributed by atoms with Gasteiger partial charge < -0.3 is 14.5 Å². The zero-order valence-corrected chi connectivity index (χ0v) is 13.6. The average Bonchev–Trinajstić information content (AvgIpc) is 2.77. The third-order valence-electron chi connectivity index (χ3n) is 3.26. The van der Waals surface area contributed by atoms with E-state index >= 15 is 0 Å². The summed E-state index contributed by atoms with van der Waals surface area (Å²) in [7, 11) is 1.46. The number of ether oxygens (including phenoxy) is 1. The van der Waals surface area contributed by atoms with Crippen LogP contribution in [0.1, 0.15) is 0 Å². The molecule has 3 rings (SSSR count). The smallest absolute Gasteiger partial charge is 0.225 e. The fourth-order valence-electron chi connectivity index (χ4n) is 2.31. The van der Waals surface area contributed by atoms with Crippen molar-refractivity contribution in [1.82, 2.24) is 15.0 Å². The van der Waals surface area contributed by atoms with Gasteiger partial charge in [0, 0.05) is 12.7 Å². The molecule has 1 saturated heterocycles. The van der Waals surface area contributed by atoms with E-state index in [1.807, 2.05) is 4.90 Å². The lowest BCUT2D eigenvalue weighted by molar-refractivity contribution is 0.174. The minimum Gasteiger partial charge on any atom is -0.399 e. The van der Waals surface area contributed by atoms with Crippen LogP contribution in [-0.2, 0) is 9.57 Å². The first-order chi connectivity index (χ1) is 11.1. The van der Waals surface area contributed by atoms with Crippen LogP contribution < -0.4 is 4.90 Å². The molecule has 0 unspecified atom stereocenters. The van der Waals surface area contributed by atoms with Gasteiger partial charge in [-0.1, -0.05) is 16.8 Å². The Balaban J connectivity index is 2.11. The third kappa shape index (κ3) is 3.29. The summed E-state index contributed by atoms with van der Waals surface area (Å²) in [4.78, 5) is 18.6. The second-order valence-corrected chi connectivity index (χ2v) is 5.45. The molecule has 1 fully saturated rings. The van der Waals surface area contributed by atoms with E-state index in [4.69, 9.17) is 32.8 Å². The van der Waals surface area contributed by atoms with Crippen LogP contribution in [0.25, 0.3) is 10.9 Å². The molecule has 0 amide bonds. The number of oxime groups is 1. The number of halogens is 3. The predicted octanol–water partition coefficient (Wildman–Crippen LogP) is 2.31. The maximum Gasteiger partial charge on any atom is 0.225 e. The highest BCUT2D eigenvalue weighted by molar-refractivity contribution is 6.30. The summed E-state index contributed by atoms with van der Waals surface area (Å²) in [6, 6.07) is 0. The molecular weight excluding hydrogens is 348 g/mol. The molecule has 122 valence electrons. The lowest BCUT2D eigenvalue weighted by Crippen LogP contribution is -2.31. The molecule has 0 N–H and O–H groups in total. The van der Waals surface area contributed by atoms with Crippen LogP contribution >= 0.6 is 23.2 Å². The van der Waals surface area contributed by atoms with Crippen molar-refractivity contribution in [3.8, 4) is 0 Å². The van der Waals surface area contributed by atoms with Crippen LogP contribution in [0, 0.1) is 5.82 Å². The van der Waals surface area contributed by atoms with Gasteiger partial charge in [0.1, 0.15) is 24.2 Å². The number of fused-ring (bicyclic) bond motifs is 1. The van der Waals surface area contributed by atoms with Crippen LogP contribution in [0.5, 0.6) is 0 Å². The summed E-state index contributed by atoms with van der Waals surface area (Å²) in [6.07, 6.45) is 1.42. The van der Waals surface area contributed by atoms with Gasteiger partial charge in [0.15, 0.2) is 11.0 Å². The molecule has 1 aliphatic heterocycles. The number of nitrogens with zero attached hydrogens (tertiary/aromatic N) is 5. The number of anilines is 1. The van der Waals surface area contributed by atoms with E-state index in [9.17, 15) is 4.39 Å². The summed E-state index contributed by atoms with van der Waals surface area (Å²) >= 11 is 11.7. The Hall–Kier alpha value is -1.77. The van der Waals surface area contributed by atoms with Crippen molar-refractivity contribution in [1.29, 1.82) is 0 Å². The van der Waals surface area contributed by atoms with Crippen molar-refractivity contribution < 1.29 is 14.0 Å². The van der Waals surface area contributed by atoms with Crippen LogP contribution in [0.15, 0.2) is 11.4 Å². The standard InChI is InChI=1S/C13H12Cl2FN5O2/c1-22-20-7-5-21(2-3-23-6-7)12-8-4-17-11(14)9(16)10(8)18-13(15)19-12/h4H,2-3,5-6H2,1H3/b20-7+. The van der Waals surface area contributed by atoms with Crippen LogP contribution in [0.4, 0.5) is 10.2 Å². The van der Waals surface area contributed by atoms with E-state index in [2.05, 4.69) is 20.1 Å². The Morgan fingerprint density at radius 3 is 3.00 bits per heavy atom. The summed E-state index contributed by atoms with van der Waals surface area (Å²) in [5.74, 6) is -0.288. The van der Waals surface area contributed by atoms with Gasteiger partial charge >= 0.3 is 0 Å². The minimum absolute atomic E-state index is 0.0235. The van der Waals surface area contributed by atoms with Gasteiger partial charge in [-0.05, 0) is 11.6 Å². The van der Waals surface area contributed by atoms with Crippen molar-refractivity contribution in [2.75, 3.05) is 38.3 Å². The first kappa shape index (κ1) is 16.1. The zero-order chi connectivity index (χ0) is 16.4. The van der Waals surface area contributed by atoms with Crippen molar-refractivity contribution in [3.63, 3.8) is 0 Å². The molecule has 0 aromatic carbocycles. The number of aromatic nitrogens is 3.